The molecular weight excluding hydrogens is 662 g/mol. The van der Waals surface area contributed by atoms with Crippen LogP contribution in [-0.4, -0.2) is 63.2 Å². The Bertz CT molecular complexity index is 433. The molecule has 2 heterocycles. The van der Waals surface area contributed by atoms with Crippen molar-refractivity contribution in [1.82, 2.24) is 0 Å². The van der Waals surface area contributed by atoms with Crippen molar-refractivity contribution < 1.29 is 31.5 Å². The molecule has 2 saturated heterocycles. The van der Waals surface area contributed by atoms with Crippen molar-refractivity contribution in [1.29, 1.82) is 0 Å². The molecule has 0 aromatic rings. The second-order valence-corrected chi connectivity index (χ2v) is 12.9. The number of rotatable bonds is 0. The van der Waals surface area contributed by atoms with Crippen LogP contribution in [0, 0.1) is 0 Å². The van der Waals surface area contributed by atoms with Crippen molar-refractivity contribution >= 4 is 108 Å². The molecule has 116 valence electrons. The average Bonchev–Trinajstić information content (AvgIpc) is 2.53. The Morgan fingerprint density at radius 2 is 0.762 bits per heavy atom. The summed E-state index contributed by atoms with van der Waals surface area (Å²) in [5.41, 5.74) is 0. The first-order valence-electron chi connectivity index (χ1n) is 5.14. The van der Waals surface area contributed by atoms with Crippen LogP contribution in [0.15, 0.2) is 0 Å². The van der Waals surface area contributed by atoms with Gasteiger partial charge in [0.15, 0.2) is 0 Å². The Morgan fingerprint density at radius 1 is 0.571 bits per heavy atom. The Morgan fingerprint density at radius 3 is 0.952 bits per heavy atom. The van der Waals surface area contributed by atoms with Gasteiger partial charge < -0.3 is 0 Å². The van der Waals surface area contributed by atoms with Crippen LogP contribution in [0.2, 0.25) is 0 Å². The second kappa shape index (κ2) is 6.61. The van der Waals surface area contributed by atoms with Crippen molar-refractivity contribution in [2.24, 2.45) is 0 Å². The molecule has 2 aliphatic rings. The molecule has 2 rings (SSSR count). The van der Waals surface area contributed by atoms with Gasteiger partial charge in [0.25, 0.3) is 0 Å². The van der Waals surface area contributed by atoms with E-state index in [1.807, 2.05) is 0 Å². The molecule has 1 spiro atoms. The van der Waals surface area contributed by atoms with E-state index in [4.69, 9.17) is 12.3 Å². The SMILES string of the molecule is O=C1[O][Sn]2([O]C(=O)C(Br)C1Br)[O]C(=O)C(Br)C(Br)C(=O)[O]2. The van der Waals surface area contributed by atoms with E-state index >= 15 is 0 Å². The molecule has 0 aromatic carbocycles. The standard InChI is InChI=1S/2C4H4Br2O4.Sn/c2*5-1(3(7)8)2(6)4(9)10;/h2*1-2H,(H,7,8)(H,9,10);/q;;+4/p-4. The van der Waals surface area contributed by atoms with E-state index in [-0.39, 0.29) is 0 Å². The topological polar surface area (TPSA) is 105 Å². The number of halogens is 4. The number of carbonyl (C=O) groups is 4. The summed E-state index contributed by atoms with van der Waals surface area (Å²) in [6.07, 6.45) is 0. The Labute approximate surface area is 157 Å². The molecule has 2 aliphatic heterocycles. The summed E-state index contributed by atoms with van der Waals surface area (Å²) in [5.74, 6) is -3.73. The molecule has 0 bridgehead atoms. The van der Waals surface area contributed by atoms with Gasteiger partial charge in [-0.1, -0.05) is 0 Å². The quantitative estimate of drug-likeness (QED) is 0.275. The van der Waals surface area contributed by atoms with Gasteiger partial charge in [0.1, 0.15) is 0 Å². The number of hydrogen-bond donors (Lipinski definition) is 0. The minimum absolute atomic E-state index is 0.932. The Balaban J connectivity index is 2.40. The molecular formula is C8H4Br4O8Sn. The molecule has 0 aliphatic carbocycles. The van der Waals surface area contributed by atoms with Gasteiger partial charge in [-0.15, -0.1) is 0 Å². The summed E-state index contributed by atoms with van der Waals surface area (Å²) in [6, 6.07) is 0. The predicted molar refractivity (Wildman–Crippen MR) is 81.0 cm³/mol. The van der Waals surface area contributed by atoms with Gasteiger partial charge in [-0.05, 0) is 0 Å². The van der Waals surface area contributed by atoms with E-state index < -0.39 is 63.2 Å². The average molecular weight is 666 g/mol. The fourth-order valence-corrected chi connectivity index (χ4v) is 9.50. The van der Waals surface area contributed by atoms with Crippen LogP contribution >= 0.6 is 63.7 Å². The molecule has 21 heavy (non-hydrogen) atoms. The maximum atomic E-state index is 11.8. The third-order valence-corrected chi connectivity index (χ3v) is 12.5. The maximum absolute atomic E-state index is 11.8. The molecule has 4 atom stereocenters. The molecule has 4 unspecified atom stereocenters. The monoisotopic (exact) mass is 664 g/mol. The van der Waals surface area contributed by atoms with Crippen molar-refractivity contribution in [3.63, 3.8) is 0 Å². The zero-order chi connectivity index (χ0) is 15.9. The molecule has 8 nitrogen and oxygen atoms in total. The summed E-state index contributed by atoms with van der Waals surface area (Å²) < 4.78 is 19.7. The van der Waals surface area contributed by atoms with Gasteiger partial charge in [0.05, 0.1) is 0 Å². The zero-order valence-electron chi connectivity index (χ0n) is 9.59. The van der Waals surface area contributed by atoms with Gasteiger partial charge in [-0.25, -0.2) is 0 Å². The van der Waals surface area contributed by atoms with Crippen LogP contribution in [0.1, 0.15) is 0 Å². The fraction of sp³-hybridized carbons (Fsp3) is 0.500. The van der Waals surface area contributed by atoms with E-state index in [0.29, 0.717) is 0 Å². The normalized spacial score (nSPS) is 40.6. The molecule has 0 radical (unpaired) electrons. The first-order valence-corrected chi connectivity index (χ1v) is 13.5. The van der Waals surface area contributed by atoms with Gasteiger partial charge in [-0.3, -0.25) is 0 Å². The van der Waals surface area contributed by atoms with Crippen LogP contribution in [0.5, 0.6) is 0 Å². The summed E-state index contributed by atoms with van der Waals surface area (Å²) in [6.45, 7) is 0. The van der Waals surface area contributed by atoms with Gasteiger partial charge in [0.2, 0.25) is 0 Å². The van der Waals surface area contributed by atoms with Crippen LogP contribution in [0.4, 0.5) is 0 Å². The van der Waals surface area contributed by atoms with Crippen LogP contribution in [0.3, 0.4) is 0 Å². The Kier molecular flexibility index (Phi) is 5.65. The van der Waals surface area contributed by atoms with Crippen LogP contribution in [0.25, 0.3) is 0 Å². The van der Waals surface area contributed by atoms with E-state index in [0.717, 1.165) is 0 Å². The van der Waals surface area contributed by atoms with Gasteiger partial charge in [0, 0.05) is 0 Å². The predicted octanol–water partition coefficient (Wildman–Crippen LogP) is 0.676. The Hall–Kier alpha value is 0.599. The van der Waals surface area contributed by atoms with Crippen molar-refractivity contribution in [2.75, 3.05) is 0 Å². The summed E-state index contributed by atoms with van der Waals surface area (Å²) in [5, 5.41) is 0. The first kappa shape index (κ1) is 17.9. The van der Waals surface area contributed by atoms with E-state index in [1.165, 1.54) is 0 Å². The van der Waals surface area contributed by atoms with Crippen LogP contribution in [-0.2, 0) is 31.5 Å². The summed E-state index contributed by atoms with van der Waals surface area (Å²) in [7, 11) is 0. The third-order valence-electron chi connectivity index (χ3n) is 2.32. The summed E-state index contributed by atoms with van der Waals surface area (Å²) in [4.78, 5) is 43.1. The molecule has 0 N–H and O–H groups in total. The minimum atomic E-state index is -5.49. The van der Waals surface area contributed by atoms with Gasteiger partial charge >= 0.3 is 158 Å². The van der Waals surface area contributed by atoms with Crippen LogP contribution < -0.4 is 0 Å². The van der Waals surface area contributed by atoms with E-state index in [9.17, 15) is 19.2 Å². The van der Waals surface area contributed by atoms with Crippen molar-refractivity contribution in [3.05, 3.63) is 0 Å². The second-order valence-electron chi connectivity index (χ2n) is 3.79. The number of carbonyl (C=O) groups excluding carboxylic acids is 4. The summed E-state index contributed by atoms with van der Waals surface area (Å²) >= 11 is 6.29. The van der Waals surface area contributed by atoms with E-state index in [2.05, 4.69) is 63.7 Å². The number of hydrogen-bond acceptors (Lipinski definition) is 8. The zero-order valence-corrected chi connectivity index (χ0v) is 18.8. The fourth-order valence-electron chi connectivity index (χ4n) is 1.32. The third kappa shape index (κ3) is 3.58. The van der Waals surface area contributed by atoms with Crippen molar-refractivity contribution in [2.45, 2.75) is 19.3 Å². The van der Waals surface area contributed by atoms with Gasteiger partial charge in [-0.2, -0.15) is 0 Å². The molecule has 0 saturated carbocycles. The molecule has 0 aromatic heterocycles. The molecule has 13 heteroatoms. The molecule has 2 fully saturated rings. The van der Waals surface area contributed by atoms with E-state index in [1.54, 1.807) is 0 Å². The molecule has 0 amide bonds. The van der Waals surface area contributed by atoms with Crippen molar-refractivity contribution in [3.8, 4) is 0 Å². The first-order chi connectivity index (χ1) is 9.67. The number of alkyl halides is 4.